The Kier molecular flexibility index (Phi) is 3.96. The smallest absolute Gasteiger partial charge is 0.357 e. The van der Waals surface area contributed by atoms with Crippen LogP contribution in [0.1, 0.15) is 23.0 Å². The van der Waals surface area contributed by atoms with Crippen LogP contribution in [-0.4, -0.2) is 24.4 Å². The van der Waals surface area contributed by atoms with E-state index in [9.17, 15) is 14.4 Å². The van der Waals surface area contributed by atoms with Crippen LogP contribution in [0.5, 0.6) is 0 Å². The molecule has 2 rings (SSSR count). The van der Waals surface area contributed by atoms with Gasteiger partial charge in [0.25, 0.3) is 5.91 Å². The molecular formula is C12H12N2O4S. The van der Waals surface area contributed by atoms with Crippen molar-refractivity contribution in [1.82, 2.24) is 10.6 Å². The molecule has 0 spiro atoms. The molecule has 0 saturated heterocycles. The van der Waals surface area contributed by atoms with E-state index in [-0.39, 0.29) is 36.2 Å². The Hall–Kier alpha value is -2.15. The van der Waals surface area contributed by atoms with Gasteiger partial charge < -0.3 is 15.4 Å². The minimum Gasteiger partial charge on any atom is -0.454 e. The van der Waals surface area contributed by atoms with E-state index in [0.29, 0.717) is 4.88 Å². The van der Waals surface area contributed by atoms with Crippen LogP contribution >= 0.6 is 11.3 Å². The van der Waals surface area contributed by atoms with Crippen molar-refractivity contribution in [3.63, 3.8) is 0 Å². The van der Waals surface area contributed by atoms with E-state index in [2.05, 4.69) is 10.6 Å². The van der Waals surface area contributed by atoms with Crippen LogP contribution in [0, 0.1) is 0 Å². The normalized spacial score (nSPS) is 14.3. The van der Waals surface area contributed by atoms with Crippen molar-refractivity contribution >= 4 is 29.1 Å². The molecule has 2 N–H and O–H groups in total. The highest BCUT2D eigenvalue weighted by Crippen LogP contribution is 2.14. The van der Waals surface area contributed by atoms with Crippen molar-refractivity contribution in [2.45, 2.75) is 13.3 Å². The highest BCUT2D eigenvalue weighted by atomic mass is 32.1. The summed E-state index contributed by atoms with van der Waals surface area (Å²) in [5.74, 6) is -1.27. The Morgan fingerprint density at radius 1 is 1.42 bits per heavy atom. The number of hydrogen-bond acceptors (Lipinski definition) is 5. The van der Waals surface area contributed by atoms with Gasteiger partial charge in [0.05, 0.1) is 10.6 Å². The number of carbonyl (C=O) groups excluding carboxylic acids is 3. The van der Waals surface area contributed by atoms with E-state index in [0.717, 1.165) is 0 Å². The van der Waals surface area contributed by atoms with Gasteiger partial charge in [0.15, 0.2) is 5.70 Å². The maximum Gasteiger partial charge on any atom is 0.357 e. The molecule has 1 aromatic heterocycles. The van der Waals surface area contributed by atoms with Gasteiger partial charge in [-0.25, -0.2) is 4.79 Å². The molecule has 6 nitrogen and oxygen atoms in total. The lowest BCUT2D eigenvalue weighted by atomic mass is 10.3. The van der Waals surface area contributed by atoms with E-state index in [1.807, 2.05) is 0 Å². The molecule has 0 unspecified atom stereocenters. The molecule has 1 aliphatic heterocycles. The summed E-state index contributed by atoms with van der Waals surface area (Å²) < 4.78 is 4.80. The fourth-order valence-corrected chi connectivity index (χ4v) is 2.08. The summed E-state index contributed by atoms with van der Waals surface area (Å²) >= 11 is 1.29. The van der Waals surface area contributed by atoms with Gasteiger partial charge in [0.1, 0.15) is 6.61 Å². The van der Waals surface area contributed by atoms with Crippen LogP contribution in [0.4, 0.5) is 0 Å². The SMILES string of the molecule is CCC(=O)NC1=C(NC(=O)c2cccs2)COC1=O. The Bertz CT molecular complexity index is 548. The fourth-order valence-electron chi connectivity index (χ4n) is 1.46. The maximum absolute atomic E-state index is 11.9. The summed E-state index contributed by atoms with van der Waals surface area (Å²) in [6, 6.07) is 3.42. The molecule has 19 heavy (non-hydrogen) atoms. The van der Waals surface area contributed by atoms with E-state index in [4.69, 9.17) is 4.74 Å². The lowest BCUT2D eigenvalue weighted by molar-refractivity contribution is -0.137. The summed E-state index contributed by atoms with van der Waals surface area (Å²) in [6.45, 7) is 1.62. The van der Waals surface area contributed by atoms with Gasteiger partial charge in [-0.1, -0.05) is 13.0 Å². The molecule has 1 aromatic rings. The zero-order valence-electron chi connectivity index (χ0n) is 10.2. The molecule has 7 heteroatoms. The zero-order valence-corrected chi connectivity index (χ0v) is 11.0. The predicted octanol–water partition coefficient (Wildman–Crippen LogP) is 0.773. The molecule has 2 amide bonds. The molecular weight excluding hydrogens is 268 g/mol. The van der Waals surface area contributed by atoms with Crippen molar-refractivity contribution in [1.29, 1.82) is 0 Å². The van der Waals surface area contributed by atoms with Gasteiger partial charge in [0, 0.05) is 6.42 Å². The average molecular weight is 280 g/mol. The van der Waals surface area contributed by atoms with E-state index < -0.39 is 5.97 Å². The third-order valence-electron chi connectivity index (χ3n) is 2.45. The second-order valence-electron chi connectivity index (χ2n) is 3.76. The van der Waals surface area contributed by atoms with Crippen LogP contribution in [0.3, 0.4) is 0 Å². The number of carbonyl (C=O) groups is 3. The topological polar surface area (TPSA) is 84.5 Å². The average Bonchev–Trinajstić information content (AvgIpc) is 3.03. The first-order valence-corrected chi connectivity index (χ1v) is 6.54. The Labute approximate surface area is 113 Å². The van der Waals surface area contributed by atoms with Gasteiger partial charge in [-0.05, 0) is 11.4 Å². The highest BCUT2D eigenvalue weighted by Gasteiger charge is 2.27. The van der Waals surface area contributed by atoms with Gasteiger partial charge in [-0.15, -0.1) is 11.3 Å². The van der Waals surface area contributed by atoms with Crippen molar-refractivity contribution < 1.29 is 19.1 Å². The van der Waals surface area contributed by atoms with Crippen LogP contribution in [0.2, 0.25) is 0 Å². The highest BCUT2D eigenvalue weighted by molar-refractivity contribution is 7.12. The minimum atomic E-state index is -0.636. The van der Waals surface area contributed by atoms with Gasteiger partial charge in [0.2, 0.25) is 5.91 Å². The molecule has 2 heterocycles. The van der Waals surface area contributed by atoms with Crippen molar-refractivity contribution in [3.05, 3.63) is 33.8 Å². The third kappa shape index (κ3) is 3.00. The van der Waals surface area contributed by atoms with Crippen molar-refractivity contribution in [3.8, 4) is 0 Å². The standard InChI is InChI=1S/C12H12N2O4S/c1-2-9(15)14-10-7(6-18-12(10)17)13-11(16)8-4-3-5-19-8/h3-5H,2,6H2,1H3,(H,13,16)(H,14,15). The number of rotatable bonds is 4. The first-order chi connectivity index (χ1) is 9.11. The Morgan fingerprint density at radius 2 is 2.21 bits per heavy atom. The van der Waals surface area contributed by atoms with Gasteiger partial charge >= 0.3 is 5.97 Å². The lowest BCUT2D eigenvalue weighted by Gasteiger charge is -2.06. The number of cyclic esters (lactones) is 1. The molecule has 1 aliphatic rings. The molecule has 100 valence electrons. The van der Waals surface area contributed by atoms with E-state index >= 15 is 0 Å². The summed E-state index contributed by atoms with van der Waals surface area (Å²) in [7, 11) is 0. The third-order valence-corrected chi connectivity index (χ3v) is 3.32. The summed E-state index contributed by atoms with van der Waals surface area (Å²) in [5.41, 5.74) is 0.293. The van der Waals surface area contributed by atoms with Crippen LogP contribution in [0.25, 0.3) is 0 Å². The lowest BCUT2D eigenvalue weighted by Crippen LogP contribution is -2.30. The Morgan fingerprint density at radius 3 is 2.84 bits per heavy atom. The monoisotopic (exact) mass is 280 g/mol. The quantitative estimate of drug-likeness (QED) is 0.798. The van der Waals surface area contributed by atoms with Crippen LogP contribution in [-0.2, 0) is 14.3 Å². The first kappa shape index (κ1) is 13.3. The predicted molar refractivity (Wildman–Crippen MR) is 68.2 cm³/mol. The fraction of sp³-hybridized carbons (Fsp3) is 0.250. The van der Waals surface area contributed by atoms with Crippen LogP contribution in [0.15, 0.2) is 28.9 Å². The van der Waals surface area contributed by atoms with E-state index in [1.165, 1.54) is 11.3 Å². The minimum absolute atomic E-state index is 0.0109. The number of nitrogens with one attached hydrogen (secondary N) is 2. The van der Waals surface area contributed by atoms with Crippen LogP contribution < -0.4 is 10.6 Å². The molecule has 0 aliphatic carbocycles. The van der Waals surface area contributed by atoms with E-state index in [1.54, 1.807) is 24.4 Å². The first-order valence-electron chi connectivity index (χ1n) is 5.66. The molecule has 0 bridgehead atoms. The zero-order chi connectivity index (χ0) is 13.8. The molecule has 0 fully saturated rings. The van der Waals surface area contributed by atoms with Gasteiger partial charge in [-0.2, -0.15) is 0 Å². The largest absolute Gasteiger partial charge is 0.454 e. The molecule has 0 atom stereocenters. The Balaban J connectivity index is 2.14. The second-order valence-corrected chi connectivity index (χ2v) is 4.71. The summed E-state index contributed by atoms with van der Waals surface area (Å²) in [6.07, 6.45) is 0.239. The summed E-state index contributed by atoms with van der Waals surface area (Å²) in [4.78, 5) is 35.1. The maximum atomic E-state index is 11.9. The second kappa shape index (κ2) is 5.66. The summed E-state index contributed by atoms with van der Waals surface area (Å²) in [5, 5.41) is 6.79. The number of hydrogen-bond donors (Lipinski definition) is 2. The number of esters is 1. The molecule has 0 saturated carbocycles. The molecule has 0 aromatic carbocycles. The van der Waals surface area contributed by atoms with Gasteiger partial charge in [-0.3, -0.25) is 9.59 Å². The van der Waals surface area contributed by atoms with Crippen molar-refractivity contribution in [2.24, 2.45) is 0 Å². The number of thiophene rings is 1. The number of amides is 2. The molecule has 0 radical (unpaired) electrons. The van der Waals surface area contributed by atoms with Crippen molar-refractivity contribution in [2.75, 3.05) is 6.61 Å². The number of ether oxygens (including phenoxy) is 1.